The van der Waals surface area contributed by atoms with Gasteiger partial charge >= 0.3 is 0 Å². The summed E-state index contributed by atoms with van der Waals surface area (Å²) in [5.41, 5.74) is 1.28. The van der Waals surface area contributed by atoms with Gasteiger partial charge in [0.05, 0.1) is 13.2 Å². The van der Waals surface area contributed by atoms with E-state index in [9.17, 15) is 4.79 Å². The Morgan fingerprint density at radius 2 is 1.86 bits per heavy atom. The van der Waals surface area contributed by atoms with E-state index in [0.29, 0.717) is 36.3 Å². The van der Waals surface area contributed by atoms with E-state index in [4.69, 9.17) is 16.3 Å². The number of halogens is 1. The van der Waals surface area contributed by atoms with E-state index >= 15 is 0 Å². The fourth-order valence-electron chi connectivity index (χ4n) is 2.88. The first kappa shape index (κ1) is 18.4. The molecule has 1 aliphatic rings. The van der Waals surface area contributed by atoms with Gasteiger partial charge < -0.3 is 15.0 Å². The summed E-state index contributed by atoms with van der Waals surface area (Å²) in [5.74, 6) is 1.23. The lowest BCUT2D eigenvalue weighted by Gasteiger charge is -2.27. The Labute approximate surface area is 167 Å². The van der Waals surface area contributed by atoms with Gasteiger partial charge in [-0.1, -0.05) is 23.7 Å². The van der Waals surface area contributed by atoms with Crippen LogP contribution < -0.4 is 10.2 Å². The van der Waals surface area contributed by atoms with Gasteiger partial charge in [0.15, 0.2) is 0 Å². The summed E-state index contributed by atoms with van der Waals surface area (Å²) < 4.78 is 7.09. The van der Waals surface area contributed by atoms with Crippen LogP contribution in [0.3, 0.4) is 0 Å². The van der Waals surface area contributed by atoms with E-state index in [0.717, 1.165) is 24.5 Å². The average Bonchev–Trinajstić information content (AvgIpc) is 3.24. The summed E-state index contributed by atoms with van der Waals surface area (Å²) in [7, 11) is 0. The Hall–Kier alpha value is -2.97. The van der Waals surface area contributed by atoms with Crippen molar-refractivity contribution in [2.75, 3.05) is 31.2 Å². The molecule has 0 unspecified atom stereocenters. The Kier molecular flexibility index (Phi) is 5.50. The molecule has 9 heteroatoms. The number of hydrogen-bond donors (Lipinski definition) is 1. The molecule has 144 valence electrons. The van der Waals surface area contributed by atoms with E-state index in [-0.39, 0.29) is 5.91 Å². The van der Waals surface area contributed by atoms with E-state index in [2.05, 4.69) is 25.2 Å². The maximum Gasteiger partial charge on any atom is 0.271 e. The van der Waals surface area contributed by atoms with Gasteiger partial charge in [0.2, 0.25) is 0 Å². The van der Waals surface area contributed by atoms with Crippen LogP contribution in [-0.2, 0) is 11.3 Å². The van der Waals surface area contributed by atoms with Gasteiger partial charge in [-0.25, -0.2) is 15.0 Å². The molecule has 2 aromatic heterocycles. The highest BCUT2D eigenvalue weighted by Gasteiger charge is 2.15. The molecule has 0 aliphatic carbocycles. The van der Waals surface area contributed by atoms with Gasteiger partial charge in [-0.05, 0) is 17.7 Å². The molecule has 0 atom stereocenters. The highest BCUT2D eigenvalue weighted by molar-refractivity contribution is 6.30. The number of nitrogens with zero attached hydrogens (tertiary/aromatic N) is 5. The summed E-state index contributed by atoms with van der Waals surface area (Å²) >= 11 is 5.87. The van der Waals surface area contributed by atoms with E-state index in [1.54, 1.807) is 29.2 Å². The number of anilines is 1. The highest BCUT2D eigenvalue weighted by Crippen LogP contribution is 2.15. The monoisotopic (exact) mass is 398 g/mol. The lowest BCUT2D eigenvalue weighted by molar-refractivity contribution is 0.0946. The topological polar surface area (TPSA) is 85.2 Å². The maximum atomic E-state index is 12.4. The van der Waals surface area contributed by atoms with Crippen LogP contribution in [0.4, 0.5) is 5.82 Å². The number of nitrogens with one attached hydrogen (secondary N) is 1. The Balaban J connectivity index is 1.43. The quantitative estimate of drug-likeness (QED) is 0.708. The summed E-state index contributed by atoms with van der Waals surface area (Å²) in [6.45, 7) is 3.35. The van der Waals surface area contributed by atoms with E-state index in [1.807, 2.05) is 18.2 Å². The van der Waals surface area contributed by atoms with Gasteiger partial charge in [0, 0.05) is 36.9 Å². The van der Waals surface area contributed by atoms with Gasteiger partial charge in [-0.15, -0.1) is 0 Å². The van der Waals surface area contributed by atoms with Crippen molar-refractivity contribution < 1.29 is 9.53 Å². The SMILES string of the molecule is O=C(NCc1ccc(Cl)cc1)c1cn(-c2cc(N3CCOCC3)ncn2)cn1. The number of morpholine rings is 1. The standard InChI is InChI=1S/C19H19ClN6O2/c20-15-3-1-14(2-4-15)10-21-19(27)16-11-26(13-24-16)18-9-17(22-12-23-18)25-5-7-28-8-6-25/h1-4,9,11-13H,5-8,10H2,(H,21,27). The van der Waals surface area contributed by atoms with Crippen LogP contribution in [0.1, 0.15) is 16.1 Å². The molecule has 28 heavy (non-hydrogen) atoms. The predicted octanol–water partition coefficient (Wildman–Crippen LogP) is 2.08. The zero-order chi connectivity index (χ0) is 19.3. The summed E-state index contributed by atoms with van der Waals surface area (Å²) in [5, 5.41) is 3.51. The molecule has 8 nitrogen and oxygen atoms in total. The lowest BCUT2D eigenvalue weighted by Crippen LogP contribution is -2.36. The molecule has 1 aliphatic heterocycles. The van der Waals surface area contributed by atoms with Crippen molar-refractivity contribution in [3.8, 4) is 5.82 Å². The second-order valence-electron chi connectivity index (χ2n) is 6.31. The molecule has 0 saturated carbocycles. The fraction of sp³-hybridized carbons (Fsp3) is 0.263. The minimum absolute atomic E-state index is 0.254. The summed E-state index contributed by atoms with van der Waals surface area (Å²) in [4.78, 5) is 27.3. The number of carbonyl (C=O) groups excluding carboxylic acids is 1. The Bertz CT molecular complexity index is 953. The number of rotatable bonds is 5. The second-order valence-corrected chi connectivity index (χ2v) is 6.75. The van der Waals surface area contributed by atoms with Crippen molar-refractivity contribution in [2.45, 2.75) is 6.54 Å². The molecular formula is C19H19ClN6O2. The molecule has 1 amide bonds. The minimum atomic E-state index is -0.254. The molecule has 1 saturated heterocycles. The van der Waals surface area contributed by atoms with Gasteiger partial charge in [-0.2, -0.15) is 0 Å². The van der Waals surface area contributed by atoms with Crippen LogP contribution in [0, 0.1) is 0 Å². The fourth-order valence-corrected chi connectivity index (χ4v) is 3.01. The average molecular weight is 399 g/mol. The number of benzene rings is 1. The van der Waals surface area contributed by atoms with Crippen molar-refractivity contribution >= 4 is 23.3 Å². The Morgan fingerprint density at radius 3 is 2.64 bits per heavy atom. The molecule has 3 aromatic rings. The first-order chi connectivity index (χ1) is 13.7. The highest BCUT2D eigenvalue weighted by atomic mass is 35.5. The Morgan fingerprint density at radius 1 is 1.11 bits per heavy atom. The largest absolute Gasteiger partial charge is 0.378 e. The van der Waals surface area contributed by atoms with E-state index < -0.39 is 0 Å². The first-order valence-corrected chi connectivity index (χ1v) is 9.28. The van der Waals surface area contributed by atoms with Crippen LogP contribution in [0.2, 0.25) is 5.02 Å². The van der Waals surface area contributed by atoms with Crippen molar-refractivity contribution in [1.29, 1.82) is 0 Å². The van der Waals surface area contributed by atoms with Crippen molar-refractivity contribution in [3.05, 3.63) is 65.5 Å². The lowest BCUT2D eigenvalue weighted by atomic mass is 10.2. The van der Waals surface area contributed by atoms with Crippen molar-refractivity contribution in [2.24, 2.45) is 0 Å². The van der Waals surface area contributed by atoms with Crippen LogP contribution in [0.15, 0.2) is 49.2 Å². The third kappa shape index (κ3) is 4.29. The number of imidazole rings is 1. The van der Waals surface area contributed by atoms with E-state index in [1.165, 1.54) is 6.33 Å². The third-order valence-electron chi connectivity index (χ3n) is 4.42. The predicted molar refractivity (Wildman–Crippen MR) is 105 cm³/mol. The van der Waals surface area contributed by atoms with Gasteiger partial charge in [-0.3, -0.25) is 9.36 Å². The summed E-state index contributed by atoms with van der Waals surface area (Å²) in [6.07, 6.45) is 4.74. The molecule has 1 aromatic carbocycles. The normalized spacial score (nSPS) is 14.1. The first-order valence-electron chi connectivity index (χ1n) is 8.91. The van der Waals surface area contributed by atoms with Crippen molar-refractivity contribution in [3.63, 3.8) is 0 Å². The molecule has 0 radical (unpaired) electrons. The van der Waals surface area contributed by atoms with Gasteiger partial charge in [0.25, 0.3) is 5.91 Å². The molecule has 0 spiro atoms. The van der Waals surface area contributed by atoms with Crippen LogP contribution >= 0.6 is 11.6 Å². The minimum Gasteiger partial charge on any atom is -0.378 e. The number of amides is 1. The number of hydrogen-bond acceptors (Lipinski definition) is 6. The second kappa shape index (κ2) is 8.37. The van der Waals surface area contributed by atoms with Crippen LogP contribution in [-0.4, -0.2) is 51.7 Å². The molecular weight excluding hydrogens is 380 g/mol. The summed E-state index contributed by atoms with van der Waals surface area (Å²) in [6, 6.07) is 9.20. The smallest absolute Gasteiger partial charge is 0.271 e. The van der Waals surface area contributed by atoms with Gasteiger partial charge in [0.1, 0.15) is 30.0 Å². The number of ether oxygens (including phenoxy) is 1. The third-order valence-corrected chi connectivity index (χ3v) is 4.67. The molecule has 1 fully saturated rings. The molecule has 0 bridgehead atoms. The molecule has 3 heterocycles. The van der Waals surface area contributed by atoms with Crippen LogP contribution in [0.25, 0.3) is 5.82 Å². The maximum absolute atomic E-state index is 12.4. The zero-order valence-corrected chi connectivity index (χ0v) is 15.8. The zero-order valence-electron chi connectivity index (χ0n) is 15.1. The number of aromatic nitrogens is 4. The van der Waals surface area contributed by atoms with Crippen LogP contribution in [0.5, 0.6) is 0 Å². The molecule has 1 N–H and O–H groups in total. The van der Waals surface area contributed by atoms with Crippen molar-refractivity contribution in [1.82, 2.24) is 24.8 Å². The molecule has 4 rings (SSSR count). The number of carbonyl (C=O) groups is 1.